The van der Waals surface area contributed by atoms with Gasteiger partial charge in [0.25, 0.3) is 11.8 Å². The Hall–Kier alpha value is -4.28. The Morgan fingerprint density at radius 3 is 2.59 bits per heavy atom. The highest BCUT2D eigenvalue weighted by atomic mass is 35.5. The fourth-order valence-corrected chi connectivity index (χ4v) is 6.18. The molecule has 3 atom stereocenters. The number of benzene rings is 2. The van der Waals surface area contributed by atoms with Crippen molar-refractivity contribution in [3.63, 3.8) is 0 Å². The van der Waals surface area contributed by atoms with Gasteiger partial charge in [0, 0.05) is 69.7 Å². The summed E-state index contributed by atoms with van der Waals surface area (Å²) >= 11 is 6.52. The number of nitriles is 1. The summed E-state index contributed by atoms with van der Waals surface area (Å²) in [6.45, 7) is 0. The van der Waals surface area contributed by atoms with Gasteiger partial charge in [-0.15, -0.1) is 0 Å². The molecule has 9 nitrogen and oxygen atoms in total. The minimum atomic E-state index is -2.95. The van der Waals surface area contributed by atoms with E-state index in [2.05, 4.69) is 10.3 Å². The first-order valence-corrected chi connectivity index (χ1v) is 15.4. The Balaban J connectivity index is 1.66. The molecule has 2 heterocycles. The van der Waals surface area contributed by atoms with Crippen LogP contribution in [0.2, 0.25) is 5.02 Å². The lowest BCUT2D eigenvalue weighted by molar-refractivity contribution is -0.133. The number of hydrogen-bond acceptors (Lipinski definition) is 6. The molecule has 1 N–H and O–H groups in total. The maximum Gasteiger partial charge on any atom is 0.252 e. The zero-order valence-corrected chi connectivity index (χ0v) is 24.7. The number of aromatic nitrogens is 1. The summed E-state index contributed by atoms with van der Waals surface area (Å²) in [7, 11) is -1.70. The molecule has 1 saturated carbocycles. The summed E-state index contributed by atoms with van der Waals surface area (Å²) < 4.78 is 54.7. The van der Waals surface area contributed by atoms with Gasteiger partial charge in [-0.25, -0.2) is 18.2 Å². The number of pyridine rings is 1. The first-order chi connectivity index (χ1) is 20.9. The van der Waals surface area contributed by atoms with Gasteiger partial charge in [0.15, 0.2) is 0 Å². The summed E-state index contributed by atoms with van der Waals surface area (Å²) in [6, 6.07) is 10.3. The van der Waals surface area contributed by atoms with Crippen molar-refractivity contribution in [2.24, 2.45) is 0 Å². The molecule has 1 saturated heterocycles. The van der Waals surface area contributed by atoms with Crippen LogP contribution in [-0.4, -0.2) is 51.2 Å². The second-order valence-corrected chi connectivity index (χ2v) is 12.3. The van der Waals surface area contributed by atoms with Gasteiger partial charge >= 0.3 is 0 Å². The van der Waals surface area contributed by atoms with Gasteiger partial charge < -0.3 is 5.32 Å². The number of anilines is 2. The molecule has 1 aliphatic heterocycles. The smallest absolute Gasteiger partial charge is 0.252 e. The summed E-state index contributed by atoms with van der Waals surface area (Å²) in [5, 5.41) is 12.0. The maximum absolute atomic E-state index is 15.0. The largest absolute Gasteiger partial charge is 0.351 e. The van der Waals surface area contributed by atoms with Crippen LogP contribution in [0, 0.1) is 17.1 Å². The monoisotopic (exact) mass is 643 g/mol. The van der Waals surface area contributed by atoms with Crippen LogP contribution in [0.3, 0.4) is 0 Å². The predicted molar refractivity (Wildman–Crippen MR) is 156 cm³/mol. The standard InChI is InChI=1S/C30H25ClF3N5O4S/c1-44(43)21-12-18(32)11-20(13-21)38(29(42)24-6-7-26(40)39(24)25-10-17(16-35)8-9-36-25)27(22-4-2-3-5-23(22)31)28(41)37-19-14-30(33,34)15-19/h2-5,8-13,19,24,27H,6-7,14-15H2,1H3,(H,37,41)/t24?,27-,44-/m0/s1. The summed E-state index contributed by atoms with van der Waals surface area (Å²) in [4.78, 5) is 47.9. The van der Waals surface area contributed by atoms with E-state index in [-0.39, 0.29) is 45.4 Å². The van der Waals surface area contributed by atoms with Crippen LogP contribution in [0.5, 0.6) is 0 Å². The molecule has 0 bridgehead atoms. The second kappa shape index (κ2) is 12.4. The van der Waals surface area contributed by atoms with Crippen molar-refractivity contribution in [2.75, 3.05) is 16.1 Å². The average molecular weight is 644 g/mol. The number of nitrogens with zero attached hydrogens (tertiary/aromatic N) is 4. The number of nitrogens with one attached hydrogen (secondary N) is 1. The van der Waals surface area contributed by atoms with E-state index < -0.39 is 71.2 Å². The number of carbonyl (C=O) groups excluding carboxylic acids is 3. The number of alkyl halides is 2. The van der Waals surface area contributed by atoms with Gasteiger partial charge in [-0.05, 0) is 42.8 Å². The highest BCUT2D eigenvalue weighted by Crippen LogP contribution is 2.40. The molecule has 0 radical (unpaired) electrons. The van der Waals surface area contributed by atoms with E-state index in [0.717, 1.165) is 21.9 Å². The molecule has 1 aliphatic carbocycles. The van der Waals surface area contributed by atoms with Gasteiger partial charge in [0.1, 0.15) is 23.7 Å². The molecule has 5 rings (SSSR count). The zero-order chi connectivity index (χ0) is 31.8. The Labute approximate surface area is 258 Å². The van der Waals surface area contributed by atoms with Crippen molar-refractivity contribution in [3.05, 3.63) is 82.8 Å². The highest BCUT2D eigenvalue weighted by Gasteiger charge is 2.48. The van der Waals surface area contributed by atoms with Crippen molar-refractivity contribution in [2.45, 2.75) is 54.6 Å². The van der Waals surface area contributed by atoms with Crippen molar-refractivity contribution in [1.82, 2.24) is 10.3 Å². The van der Waals surface area contributed by atoms with Gasteiger partial charge in [0.2, 0.25) is 11.8 Å². The average Bonchev–Trinajstić information content (AvgIpc) is 3.36. The molecule has 3 aromatic rings. The quantitative estimate of drug-likeness (QED) is 0.381. The highest BCUT2D eigenvalue weighted by molar-refractivity contribution is 7.84. The van der Waals surface area contributed by atoms with Gasteiger partial charge in [-0.1, -0.05) is 29.8 Å². The van der Waals surface area contributed by atoms with Crippen molar-refractivity contribution in [3.8, 4) is 6.07 Å². The third-order valence-electron chi connectivity index (χ3n) is 7.46. The first-order valence-electron chi connectivity index (χ1n) is 13.5. The normalized spacial score (nSPS) is 19.0. The van der Waals surface area contributed by atoms with E-state index >= 15 is 0 Å². The molecular formula is C30H25ClF3N5O4S. The second-order valence-electron chi connectivity index (χ2n) is 10.5. The molecule has 1 aromatic heterocycles. The molecule has 2 aromatic carbocycles. The van der Waals surface area contributed by atoms with Crippen molar-refractivity contribution in [1.29, 1.82) is 5.26 Å². The van der Waals surface area contributed by atoms with Crippen LogP contribution in [0.4, 0.5) is 24.7 Å². The summed E-state index contributed by atoms with van der Waals surface area (Å²) in [6.07, 6.45) is 1.32. The Kier molecular flexibility index (Phi) is 8.76. The first kappa shape index (κ1) is 31.2. The molecule has 2 aliphatic rings. The predicted octanol–water partition coefficient (Wildman–Crippen LogP) is 4.67. The molecule has 14 heteroatoms. The Morgan fingerprint density at radius 2 is 1.93 bits per heavy atom. The SMILES string of the molecule is C[S@](=O)c1cc(F)cc(N(C(=O)C2CCC(=O)N2c2cc(C#N)ccn2)[C@H](C(=O)NC2CC(F)(F)C2)c2ccccc2Cl)c1. The molecule has 3 amide bonds. The topological polar surface area (TPSA) is 123 Å². The van der Waals surface area contributed by atoms with Crippen LogP contribution < -0.4 is 15.1 Å². The van der Waals surface area contributed by atoms with Crippen LogP contribution in [0.15, 0.2) is 65.7 Å². The zero-order valence-electron chi connectivity index (χ0n) is 23.2. The molecule has 228 valence electrons. The van der Waals surface area contributed by atoms with E-state index in [1.165, 1.54) is 42.8 Å². The lowest BCUT2D eigenvalue weighted by Crippen LogP contribution is -2.56. The molecular weight excluding hydrogens is 619 g/mol. The fourth-order valence-electron chi connectivity index (χ4n) is 5.38. The van der Waals surface area contributed by atoms with Crippen molar-refractivity contribution < 1.29 is 31.8 Å². The van der Waals surface area contributed by atoms with Gasteiger partial charge in [-0.3, -0.25) is 28.4 Å². The number of carbonyl (C=O) groups is 3. The summed E-state index contributed by atoms with van der Waals surface area (Å²) in [5.74, 6) is -5.96. The van der Waals surface area contributed by atoms with E-state index in [9.17, 15) is 37.0 Å². The van der Waals surface area contributed by atoms with Crippen molar-refractivity contribution >= 4 is 51.6 Å². The Bertz CT molecular complexity index is 1710. The third kappa shape index (κ3) is 6.32. The van der Waals surface area contributed by atoms with Crippen LogP contribution in [0.1, 0.15) is 42.9 Å². The number of hydrogen-bond donors (Lipinski definition) is 1. The lowest BCUT2D eigenvalue weighted by atomic mass is 9.87. The molecule has 0 spiro atoms. The van der Waals surface area contributed by atoms with E-state index in [1.54, 1.807) is 12.1 Å². The fraction of sp³-hybridized carbons (Fsp3) is 0.300. The Morgan fingerprint density at radius 1 is 1.20 bits per heavy atom. The summed E-state index contributed by atoms with van der Waals surface area (Å²) in [5.41, 5.74) is 0.121. The lowest BCUT2D eigenvalue weighted by Gasteiger charge is -2.39. The maximum atomic E-state index is 15.0. The van der Waals surface area contributed by atoms with Crippen LogP contribution >= 0.6 is 11.6 Å². The van der Waals surface area contributed by atoms with E-state index in [0.29, 0.717) is 0 Å². The van der Waals surface area contributed by atoms with E-state index in [1.807, 2.05) is 6.07 Å². The molecule has 2 fully saturated rings. The van der Waals surface area contributed by atoms with Gasteiger partial charge in [-0.2, -0.15) is 5.26 Å². The van der Waals surface area contributed by atoms with E-state index in [4.69, 9.17) is 11.6 Å². The third-order valence-corrected chi connectivity index (χ3v) is 8.71. The van der Waals surface area contributed by atoms with Crippen LogP contribution in [0.25, 0.3) is 0 Å². The number of halogens is 4. The minimum absolute atomic E-state index is 0.0116. The number of amides is 3. The number of rotatable bonds is 8. The van der Waals surface area contributed by atoms with Gasteiger partial charge in [0.05, 0.1) is 11.6 Å². The van der Waals surface area contributed by atoms with Crippen LogP contribution in [-0.2, 0) is 25.2 Å². The molecule has 1 unspecified atom stereocenters. The minimum Gasteiger partial charge on any atom is -0.351 e. The molecule has 44 heavy (non-hydrogen) atoms.